The molecule has 28 heavy (non-hydrogen) atoms. The molecule has 1 aromatic carbocycles. The Morgan fingerprint density at radius 2 is 1.61 bits per heavy atom. The molecule has 0 unspecified atom stereocenters. The molecule has 0 spiro atoms. The molecule has 0 aliphatic heterocycles. The molecule has 2 heterocycles. The summed E-state index contributed by atoms with van der Waals surface area (Å²) in [4.78, 5) is 13.6. The number of rotatable bonds is 6. The molecule has 1 aliphatic rings. The number of anilines is 2. The molecule has 0 radical (unpaired) electrons. The third-order valence-corrected chi connectivity index (χ3v) is 5.20. The fourth-order valence-corrected chi connectivity index (χ4v) is 3.67. The fourth-order valence-electron chi connectivity index (χ4n) is 3.67. The van der Waals surface area contributed by atoms with Crippen molar-refractivity contribution in [1.29, 1.82) is 0 Å². The quantitative estimate of drug-likeness (QED) is 0.575. The molecule has 4 rings (SSSR count). The second-order valence-electron chi connectivity index (χ2n) is 7.37. The maximum absolute atomic E-state index is 4.75. The average molecular weight is 374 g/mol. The van der Waals surface area contributed by atoms with Crippen molar-refractivity contribution in [3.05, 3.63) is 66.5 Å². The van der Waals surface area contributed by atoms with Crippen LogP contribution in [0.15, 0.2) is 60.9 Å². The third kappa shape index (κ3) is 5.06. The van der Waals surface area contributed by atoms with Crippen molar-refractivity contribution < 1.29 is 0 Å². The van der Waals surface area contributed by atoms with Gasteiger partial charge in [-0.15, -0.1) is 0 Å². The standard InChI is InChI=1S/C23H27N5/c1-2-7-11-20(10-6-1)26-22-16-21(19-8-4-3-5-9-19)27-23(28-22)25-17-18-12-14-24-15-13-18/h3-5,8-9,12-16,20H,1-2,6-7,10-11,17H2,(H2,25,26,27,28). The van der Waals surface area contributed by atoms with Crippen molar-refractivity contribution in [3.8, 4) is 11.3 Å². The van der Waals surface area contributed by atoms with Crippen molar-refractivity contribution in [3.63, 3.8) is 0 Å². The molecule has 144 valence electrons. The highest BCUT2D eigenvalue weighted by atomic mass is 15.1. The van der Waals surface area contributed by atoms with Crippen LogP contribution in [0.4, 0.5) is 11.8 Å². The van der Waals surface area contributed by atoms with Crippen molar-refractivity contribution in [2.75, 3.05) is 10.6 Å². The first-order chi connectivity index (χ1) is 13.9. The largest absolute Gasteiger partial charge is 0.367 e. The Morgan fingerprint density at radius 3 is 2.36 bits per heavy atom. The van der Waals surface area contributed by atoms with Crippen LogP contribution in [0.25, 0.3) is 11.3 Å². The highest BCUT2D eigenvalue weighted by Gasteiger charge is 2.14. The summed E-state index contributed by atoms with van der Waals surface area (Å²) >= 11 is 0. The van der Waals surface area contributed by atoms with Crippen LogP contribution in [0.3, 0.4) is 0 Å². The van der Waals surface area contributed by atoms with Gasteiger partial charge in [0.2, 0.25) is 5.95 Å². The number of pyridine rings is 1. The van der Waals surface area contributed by atoms with Crippen molar-refractivity contribution in [2.45, 2.75) is 51.1 Å². The van der Waals surface area contributed by atoms with Crippen LogP contribution < -0.4 is 10.6 Å². The Kier molecular flexibility index (Phi) is 6.12. The van der Waals surface area contributed by atoms with Crippen molar-refractivity contribution in [1.82, 2.24) is 15.0 Å². The van der Waals surface area contributed by atoms with E-state index < -0.39 is 0 Å². The zero-order chi connectivity index (χ0) is 19.0. The molecule has 2 N–H and O–H groups in total. The molecule has 1 saturated carbocycles. The molecule has 0 atom stereocenters. The number of aromatic nitrogens is 3. The van der Waals surface area contributed by atoms with Gasteiger partial charge in [-0.25, -0.2) is 4.98 Å². The number of benzene rings is 1. The first-order valence-electron chi connectivity index (χ1n) is 10.2. The highest BCUT2D eigenvalue weighted by Crippen LogP contribution is 2.25. The zero-order valence-electron chi connectivity index (χ0n) is 16.1. The number of hydrogen-bond donors (Lipinski definition) is 2. The van der Waals surface area contributed by atoms with E-state index in [-0.39, 0.29) is 0 Å². The van der Waals surface area contributed by atoms with E-state index in [9.17, 15) is 0 Å². The Labute approximate surface area is 166 Å². The lowest BCUT2D eigenvalue weighted by molar-refractivity contribution is 0.617. The summed E-state index contributed by atoms with van der Waals surface area (Å²) in [5.41, 5.74) is 3.19. The van der Waals surface area contributed by atoms with Crippen LogP contribution in [-0.2, 0) is 6.54 Å². The predicted octanol–water partition coefficient (Wildman–Crippen LogP) is 5.29. The molecular weight excluding hydrogens is 346 g/mol. The number of hydrogen-bond acceptors (Lipinski definition) is 5. The van der Waals surface area contributed by atoms with Gasteiger partial charge in [0.15, 0.2) is 0 Å². The summed E-state index contributed by atoms with van der Waals surface area (Å²) < 4.78 is 0. The Hall–Kier alpha value is -2.95. The Balaban J connectivity index is 1.57. The summed E-state index contributed by atoms with van der Waals surface area (Å²) in [6.45, 7) is 0.670. The smallest absolute Gasteiger partial charge is 0.225 e. The minimum absolute atomic E-state index is 0.495. The molecular formula is C23H27N5. The van der Waals surface area contributed by atoms with Crippen LogP contribution >= 0.6 is 0 Å². The zero-order valence-corrected chi connectivity index (χ0v) is 16.1. The monoisotopic (exact) mass is 373 g/mol. The summed E-state index contributed by atoms with van der Waals surface area (Å²) in [6.07, 6.45) is 11.3. The molecule has 0 saturated heterocycles. The molecule has 0 bridgehead atoms. The normalized spacial score (nSPS) is 15.0. The van der Waals surface area contributed by atoms with Crippen molar-refractivity contribution >= 4 is 11.8 Å². The molecule has 1 aliphatic carbocycles. The summed E-state index contributed by atoms with van der Waals surface area (Å²) in [7, 11) is 0. The highest BCUT2D eigenvalue weighted by molar-refractivity contribution is 5.64. The summed E-state index contributed by atoms with van der Waals surface area (Å²) in [5, 5.41) is 7.04. The molecule has 0 amide bonds. The predicted molar refractivity (Wildman–Crippen MR) is 114 cm³/mol. The lowest BCUT2D eigenvalue weighted by atomic mass is 10.1. The van der Waals surface area contributed by atoms with Gasteiger partial charge in [-0.05, 0) is 30.5 Å². The maximum atomic E-state index is 4.75. The maximum Gasteiger partial charge on any atom is 0.225 e. The second-order valence-corrected chi connectivity index (χ2v) is 7.37. The van der Waals surface area contributed by atoms with Gasteiger partial charge in [0.25, 0.3) is 0 Å². The van der Waals surface area contributed by atoms with E-state index in [0.29, 0.717) is 18.5 Å². The summed E-state index contributed by atoms with van der Waals surface area (Å²) in [5.74, 6) is 1.55. The van der Waals surface area contributed by atoms with E-state index in [2.05, 4.69) is 33.8 Å². The van der Waals surface area contributed by atoms with E-state index in [1.165, 1.54) is 38.5 Å². The number of nitrogens with zero attached hydrogens (tertiary/aromatic N) is 3. The average Bonchev–Trinajstić information content (AvgIpc) is 3.02. The topological polar surface area (TPSA) is 62.7 Å². The van der Waals surface area contributed by atoms with Gasteiger partial charge < -0.3 is 10.6 Å². The molecule has 2 aromatic heterocycles. The molecule has 1 fully saturated rings. The minimum Gasteiger partial charge on any atom is -0.367 e. The lowest BCUT2D eigenvalue weighted by Crippen LogP contribution is -2.19. The third-order valence-electron chi connectivity index (χ3n) is 5.20. The minimum atomic E-state index is 0.495. The Bertz CT molecular complexity index is 859. The van der Waals surface area contributed by atoms with E-state index in [0.717, 1.165) is 22.6 Å². The van der Waals surface area contributed by atoms with Gasteiger partial charge in [-0.2, -0.15) is 4.98 Å². The molecule has 3 aromatic rings. The Morgan fingerprint density at radius 1 is 0.857 bits per heavy atom. The van der Waals surface area contributed by atoms with Gasteiger partial charge in [-0.3, -0.25) is 4.98 Å². The van der Waals surface area contributed by atoms with Crippen LogP contribution in [0.1, 0.15) is 44.1 Å². The van der Waals surface area contributed by atoms with Gasteiger partial charge >= 0.3 is 0 Å². The molecule has 5 heteroatoms. The van der Waals surface area contributed by atoms with Crippen molar-refractivity contribution in [2.24, 2.45) is 0 Å². The lowest BCUT2D eigenvalue weighted by Gasteiger charge is -2.18. The van der Waals surface area contributed by atoms with Crippen LogP contribution in [0, 0.1) is 0 Å². The van der Waals surface area contributed by atoms with Gasteiger partial charge in [0.1, 0.15) is 5.82 Å². The van der Waals surface area contributed by atoms with Gasteiger partial charge in [-0.1, -0.05) is 56.0 Å². The SMILES string of the molecule is c1ccc(-c2cc(NC3CCCCCC3)nc(NCc3ccncc3)n2)cc1. The van der Waals surface area contributed by atoms with Crippen LogP contribution in [0.2, 0.25) is 0 Å². The first kappa shape index (κ1) is 18.4. The van der Waals surface area contributed by atoms with E-state index in [1.54, 1.807) is 12.4 Å². The fraction of sp³-hybridized carbons (Fsp3) is 0.348. The van der Waals surface area contributed by atoms with Gasteiger partial charge in [0.05, 0.1) is 5.69 Å². The second kappa shape index (κ2) is 9.31. The van der Waals surface area contributed by atoms with Crippen LogP contribution in [0.5, 0.6) is 0 Å². The van der Waals surface area contributed by atoms with Crippen LogP contribution in [-0.4, -0.2) is 21.0 Å². The van der Waals surface area contributed by atoms with Gasteiger partial charge in [0, 0.05) is 36.6 Å². The molecule has 5 nitrogen and oxygen atoms in total. The first-order valence-corrected chi connectivity index (χ1v) is 10.2. The van der Waals surface area contributed by atoms with E-state index >= 15 is 0 Å². The van der Waals surface area contributed by atoms with E-state index in [4.69, 9.17) is 9.97 Å². The number of nitrogens with one attached hydrogen (secondary N) is 2. The summed E-state index contributed by atoms with van der Waals surface area (Å²) in [6, 6.07) is 16.8. The van der Waals surface area contributed by atoms with E-state index in [1.807, 2.05) is 30.3 Å².